The lowest BCUT2D eigenvalue weighted by molar-refractivity contribution is 0.304. The van der Waals surface area contributed by atoms with E-state index < -0.39 is 0 Å². The van der Waals surface area contributed by atoms with Crippen molar-refractivity contribution >= 4 is 0 Å². The van der Waals surface area contributed by atoms with Crippen molar-refractivity contribution < 1.29 is 4.52 Å². The summed E-state index contributed by atoms with van der Waals surface area (Å²) in [7, 11) is 1.78. The topological polar surface area (TPSA) is 78.7 Å². The molecule has 0 fully saturated rings. The molecule has 154 valence electrons. The lowest BCUT2D eigenvalue weighted by Gasteiger charge is -2.30. The van der Waals surface area contributed by atoms with E-state index in [1.807, 2.05) is 19.9 Å². The van der Waals surface area contributed by atoms with Gasteiger partial charge in [-0.25, -0.2) is 0 Å². The van der Waals surface area contributed by atoms with Crippen LogP contribution in [0.4, 0.5) is 0 Å². The van der Waals surface area contributed by atoms with Gasteiger partial charge >= 0.3 is 0 Å². The first-order chi connectivity index (χ1) is 13.8. The van der Waals surface area contributed by atoms with E-state index in [0.717, 1.165) is 48.3 Å². The zero-order valence-corrected chi connectivity index (χ0v) is 18.2. The van der Waals surface area contributed by atoms with Gasteiger partial charge in [0, 0.05) is 41.7 Å². The quantitative estimate of drug-likeness (QED) is 0.673. The second kappa shape index (κ2) is 6.97. The molecule has 3 aromatic heterocycles. The highest BCUT2D eigenvalue weighted by Crippen LogP contribution is 2.39. The Morgan fingerprint density at radius 2 is 2.03 bits per heavy atom. The third-order valence-electron chi connectivity index (χ3n) is 6.21. The zero-order valence-electron chi connectivity index (χ0n) is 18.2. The largest absolute Gasteiger partial charge is 0.332 e. The molecule has 0 unspecified atom stereocenters. The zero-order chi connectivity index (χ0) is 20.9. The molecule has 0 N–H and O–H groups in total. The minimum atomic E-state index is 0.0239. The molecule has 0 amide bonds. The first-order valence-electron chi connectivity index (χ1n) is 10.4. The monoisotopic (exact) mass is 395 g/mol. The van der Waals surface area contributed by atoms with Crippen LogP contribution in [0.15, 0.2) is 15.4 Å². The minimum absolute atomic E-state index is 0.0239. The van der Waals surface area contributed by atoms with Crippen LogP contribution in [0.2, 0.25) is 0 Å². The molecule has 0 radical (unpaired) electrons. The SMILES string of the molecule is CCc1cc(-c2noc(-c3nn(CC)c4c3CCC(C)(C)C4)n2)c(C)n(C)c1=O. The van der Waals surface area contributed by atoms with Gasteiger partial charge in [-0.15, -0.1) is 0 Å². The third kappa shape index (κ3) is 3.22. The molecule has 1 aliphatic carbocycles. The van der Waals surface area contributed by atoms with Crippen LogP contribution in [0.5, 0.6) is 0 Å². The van der Waals surface area contributed by atoms with Crippen molar-refractivity contribution in [2.75, 3.05) is 0 Å². The number of rotatable bonds is 4. The van der Waals surface area contributed by atoms with Gasteiger partial charge in [-0.2, -0.15) is 10.1 Å². The molecule has 0 bridgehead atoms. The first-order valence-corrected chi connectivity index (χ1v) is 10.4. The van der Waals surface area contributed by atoms with Gasteiger partial charge in [0.25, 0.3) is 11.4 Å². The standard InChI is InChI=1S/C22H29N5O2/c1-7-14-11-16(13(3)26(6)21(14)28)19-23-20(29-25-19)18-15-9-10-22(4,5)12-17(15)27(8-2)24-18/h11H,7-10,12H2,1-6H3. The summed E-state index contributed by atoms with van der Waals surface area (Å²) < 4.78 is 9.38. The van der Waals surface area contributed by atoms with Crippen LogP contribution in [-0.4, -0.2) is 24.5 Å². The smallest absolute Gasteiger partial charge is 0.279 e. The Hall–Kier alpha value is -2.70. The molecule has 29 heavy (non-hydrogen) atoms. The van der Waals surface area contributed by atoms with Crippen molar-refractivity contribution in [1.82, 2.24) is 24.5 Å². The summed E-state index contributed by atoms with van der Waals surface area (Å²) in [5, 5.41) is 9.04. The molecule has 0 aliphatic heterocycles. The van der Waals surface area contributed by atoms with E-state index in [9.17, 15) is 4.79 Å². The first kappa shape index (κ1) is 19.6. The number of pyridine rings is 1. The van der Waals surface area contributed by atoms with Gasteiger partial charge in [0.05, 0.1) is 0 Å². The Labute approximate surface area is 170 Å². The lowest BCUT2D eigenvalue weighted by atomic mass is 9.76. The lowest BCUT2D eigenvalue weighted by Crippen LogP contribution is -2.24. The van der Waals surface area contributed by atoms with Gasteiger partial charge in [0.2, 0.25) is 5.82 Å². The average molecular weight is 396 g/mol. The maximum absolute atomic E-state index is 12.4. The summed E-state index contributed by atoms with van der Waals surface area (Å²) in [4.78, 5) is 17.0. The molecule has 3 heterocycles. The molecule has 3 aromatic rings. The molecule has 0 atom stereocenters. The van der Waals surface area contributed by atoms with Crippen LogP contribution in [-0.2, 0) is 32.9 Å². The van der Waals surface area contributed by atoms with Crippen LogP contribution in [0.25, 0.3) is 23.0 Å². The van der Waals surface area contributed by atoms with E-state index in [1.54, 1.807) is 11.6 Å². The maximum atomic E-state index is 12.4. The van der Waals surface area contributed by atoms with E-state index in [1.165, 1.54) is 11.3 Å². The highest BCUT2D eigenvalue weighted by atomic mass is 16.5. The van der Waals surface area contributed by atoms with Crippen molar-refractivity contribution in [2.24, 2.45) is 12.5 Å². The normalized spacial score (nSPS) is 15.5. The average Bonchev–Trinajstić information content (AvgIpc) is 3.30. The summed E-state index contributed by atoms with van der Waals surface area (Å²) in [5.41, 5.74) is 6.00. The summed E-state index contributed by atoms with van der Waals surface area (Å²) >= 11 is 0. The highest BCUT2D eigenvalue weighted by molar-refractivity contribution is 5.63. The van der Waals surface area contributed by atoms with E-state index in [2.05, 4.69) is 35.6 Å². The van der Waals surface area contributed by atoms with Crippen LogP contribution in [0.1, 0.15) is 56.6 Å². The second-order valence-corrected chi connectivity index (χ2v) is 8.74. The van der Waals surface area contributed by atoms with Crippen molar-refractivity contribution in [3.8, 4) is 23.0 Å². The maximum Gasteiger partial charge on any atom is 0.279 e. The molecule has 0 saturated heterocycles. The molecule has 0 saturated carbocycles. The molecule has 1 aliphatic rings. The van der Waals surface area contributed by atoms with Crippen LogP contribution in [0.3, 0.4) is 0 Å². The number of hydrogen-bond acceptors (Lipinski definition) is 5. The summed E-state index contributed by atoms with van der Waals surface area (Å²) in [6.45, 7) is 11.4. The third-order valence-corrected chi connectivity index (χ3v) is 6.21. The molecular weight excluding hydrogens is 366 g/mol. The van der Waals surface area contributed by atoms with Gasteiger partial charge in [-0.3, -0.25) is 9.48 Å². The van der Waals surface area contributed by atoms with E-state index in [0.29, 0.717) is 18.1 Å². The van der Waals surface area contributed by atoms with Crippen molar-refractivity contribution in [1.29, 1.82) is 0 Å². The molecule has 0 spiro atoms. The van der Waals surface area contributed by atoms with E-state index in [-0.39, 0.29) is 11.0 Å². The summed E-state index contributed by atoms with van der Waals surface area (Å²) in [6, 6.07) is 1.88. The fourth-order valence-electron chi connectivity index (χ4n) is 4.23. The van der Waals surface area contributed by atoms with Crippen LogP contribution in [0, 0.1) is 12.3 Å². The number of hydrogen-bond donors (Lipinski definition) is 0. The number of aryl methyl sites for hydroxylation is 2. The van der Waals surface area contributed by atoms with Gasteiger partial charge in [0.15, 0.2) is 5.69 Å². The van der Waals surface area contributed by atoms with Gasteiger partial charge in [0.1, 0.15) is 0 Å². The Morgan fingerprint density at radius 3 is 2.72 bits per heavy atom. The summed E-state index contributed by atoms with van der Waals surface area (Å²) in [6.07, 6.45) is 3.75. The Balaban J connectivity index is 1.80. The molecule has 4 rings (SSSR count). The number of fused-ring (bicyclic) bond motifs is 1. The van der Waals surface area contributed by atoms with Gasteiger partial charge < -0.3 is 9.09 Å². The molecular formula is C22H29N5O2. The van der Waals surface area contributed by atoms with Crippen molar-refractivity contribution in [2.45, 2.75) is 66.8 Å². The Bertz CT molecular complexity index is 1130. The number of aromatic nitrogens is 5. The van der Waals surface area contributed by atoms with Gasteiger partial charge in [-0.1, -0.05) is 25.9 Å². The van der Waals surface area contributed by atoms with Gasteiger partial charge in [-0.05, 0) is 51.0 Å². The number of nitrogens with zero attached hydrogens (tertiary/aromatic N) is 5. The second-order valence-electron chi connectivity index (χ2n) is 8.74. The van der Waals surface area contributed by atoms with Crippen molar-refractivity contribution in [3.63, 3.8) is 0 Å². The predicted molar refractivity (Wildman–Crippen MR) is 112 cm³/mol. The van der Waals surface area contributed by atoms with Crippen molar-refractivity contribution in [3.05, 3.63) is 38.9 Å². The fourth-order valence-corrected chi connectivity index (χ4v) is 4.23. The molecule has 0 aromatic carbocycles. The predicted octanol–water partition coefficient (Wildman–Crippen LogP) is 3.70. The van der Waals surface area contributed by atoms with Crippen LogP contribution < -0.4 is 5.56 Å². The molecule has 7 heteroatoms. The summed E-state index contributed by atoms with van der Waals surface area (Å²) in [5.74, 6) is 0.952. The van der Waals surface area contributed by atoms with E-state index in [4.69, 9.17) is 9.62 Å². The fraction of sp³-hybridized carbons (Fsp3) is 0.545. The minimum Gasteiger partial charge on any atom is -0.332 e. The highest BCUT2D eigenvalue weighted by Gasteiger charge is 2.32. The Morgan fingerprint density at radius 1 is 1.28 bits per heavy atom. The van der Waals surface area contributed by atoms with Crippen LogP contribution >= 0.6 is 0 Å². The molecule has 7 nitrogen and oxygen atoms in total. The van der Waals surface area contributed by atoms with E-state index >= 15 is 0 Å². The Kier molecular flexibility index (Phi) is 4.71.